The summed E-state index contributed by atoms with van der Waals surface area (Å²) in [6, 6.07) is 40.6. The van der Waals surface area contributed by atoms with Crippen molar-refractivity contribution < 1.29 is 0 Å². The second-order valence-electron chi connectivity index (χ2n) is 8.98. The maximum atomic E-state index is 2.41. The Labute approximate surface area is 185 Å². The van der Waals surface area contributed by atoms with Crippen molar-refractivity contribution in [3.05, 3.63) is 109 Å². The van der Waals surface area contributed by atoms with E-state index >= 15 is 0 Å². The molecule has 1 aliphatic rings. The standard InChI is InChI=1S/C32H18/c1-3-9-21-15-27-23(13-19(21)7-1)17-29-25-11-5-6-12-26(25)30-18-24-14-20-8-2-4-10-22(20)16-28(24)31(27)32(29)30/h1-18H. The van der Waals surface area contributed by atoms with E-state index in [1.807, 2.05) is 0 Å². The fourth-order valence-corrected chi connectivity index (χ4v) is 5.85. The largest absolute Gasteiger partial charge is 0.0616 e. The summed E-state index contributed by atoms with van der Waals surface area (Å²) in [6.07, 6.45) is 0. The second kappa shape index (κ2) is 5.75. The Bertz CT molecular complexity index is 1780. The van der Waals surface area contributed by atoms with Crippen molar-refractivity contribution >= 4 is 53.9 Å². The van der Waals surface area contributed by atoms with Crippen molar-refractivity contribution in [1.82, 2.24) is 0 Å². The summed E-state index contributed by atoms with van der Waals surface area (Å²) in [7, 11) is 0. The van der Waals surface area contributed by atoms with Crippen LogP contribution in [0.5, 0.6) is 0 Å². The second-order valence-corrected chi connectivity index (χ2v) is 8.98. The Morgan fingerprint density at radius 3 is 1.16 bits per heavy atom. The third kappa shape index (κ3) is 2.02. The van der Waals surface area contributed by atoms with Crippen LogP contribution in [0.2, 0.25) is 0 Å². The van der Waals surface area contributed by atoms with E-state index in [-0.39, 0.29) is 0 Å². The van der Waals surface area contributed by atoms with Crippen molar-refractivity contribution in [2.75, 3.05) is 0 Å². The van der Waals surface area contributed by atoms with Crippen LogP contribution in [0.25, 0.3) is 76.1 Å². The number of fused-ring (bicyclic) bond motifs is 9. The number of benzene rings is 7. The highest BCUT2D eigenvalue weighted by molar-refractivity contribution is 6.32. The first-order chi connectivity index (χ1) is 15.8. The molecule has 0 saturated carbocycles. The molecule has 0 saturated heterocycles. The van der Waals surface area contributed by atoms with Gasteiger partial charge < -0.3 is 0 Å². The molecule has 0 aliphatic heterocycles. The van der Waals surface area contributed by atoms with Crippen LogP contribution >= 0.6 is 0 Å². The number of hydrogen-bond donors (Lipinski definition) is 0. The summed E-state index contributed by atoms with van der Waals surface area (Å²) >= 11 is 0. The molecular formula is C32H18. The van der Waals surface area contributed by atoms with Crippen LogP contribution in [0.15, 0.2) is 109 Å². The van der Waals surface area contributed by atoms with Crippen LogP contribution in [0.1, 0.15) is 0 Å². The van der Waals surface area contributed by atoms with E-state index in [1.165, 1.54) is 76.1 Å². The smallest absolute Gasteiger partial charge is 0.00134 e. The molecule has 0 heterocycles. The molecule has 0 amide bonds. The van der Waals surface area contributed by atoms with Gasteiger partial charge in [0.15, 0.2) is 0 Å². The fraction of sp³-hybridized carbons (Fsp3) is 0. The van der Waals surface area contributed by atoms with E-state index in [0.717, 1.165) is 0 Å². The fourth-order valence-electron chi connectivity index (χ4n) is 5.85. The van der Waals surface area contributed by atoms with E-state index in [1.54, 1.807) is 0 Å². The lowest BCUT2D eigenvalue weighted by Gasteiger charge is -2.13. The minimum atomic E-state index is 1.30. The van der Waals surface area contributed by atoms with Gasteiger partial charge in [0.05, 0.1) is 0 Å². The van der Waals surface area contributed by atoms with Crippen molar-refractivity contribution in [2.45, 2.75) is 0 Å². The molecule has 8 rings (SSSR count). The monoisotopic (exact) mass is 402 g/mol. The van der Waals surface area contributed by atoms with E-state index in [0.29, 0.717) is 0 Å². The molecule has 0 bridgehead atoms. The maximum absolute atomic E-state index is 2.41. The lowest BCUT2D eigenvalue weighted by Crippen LogP contribution is -1.86. The van der Waals surface area contributed by atoms with E-state index in [9.17, 15) is 0 Å². The third-order valence-electron chi connectivity index (χ3n) is 7.27. The van der Waals surface area contributed by atoms with Crippen LogP contribution in [0.3, 0.4) is 0 Å². The Morgan fingerprint density at radius 2 is 0.688 bits per heavy atom. The molecule has 0 N–H and O–H groups in total. The Morgan fingerprint density at radius 1 is 0.281 bits per heavy atom. The summed E-state index contributed by atoms with van der Waals surface area (Å²) in [5.41, 5.74) is 5.43. The SMILES string of the molecule is c1ccc2c(c1)-c1cc3cc4ccccc4cc3c3c1c-2cc1cc2ccccc2cc13. The van der Waals surface area contributed by atoms with Gasteiger partial charge >= 0.3 is 0 Å². The average molecular weight is 402 g/mol. The molecule has 0 radical (unpaired) electrons. The van der Waals surface area contributed by atoms with Crippen molar-refractivity contribution in [2.24, 2.45) is 0 Å². The van der Waals surface area contributed by atoms with Gasteiger partial charge in [-0.2, -0.15) is 0 Å². The normalized spacial score (nSPS) is 12.4. The summed E-state index contributed by atoms with van der Waals surface area (Å²) in [6.45, 7) is 0. The molecule has 1 aliphatic carbocycles. The van der Waals surface area contributed by atoms with Gasteiger partial charge in [0.2, 0.25) is 0 Å². The lowest BCUT2D eigenvalue weighted by molar-refractivity contribution is 1.70. The van der Waals surface area contributed by atoms with E-state index < -0.39 is 0 Å². The Balaban J connectivity index is 1.70. The predicted molar refractivity (Wildman–Crippen MR) is 138 cm³/mol. The molecular weight excluding hydrogens is 384 g/mol. The molecule has 32 heavy (non-hydrogen) atoms. The Kier molecular flexibility index (Phi) is 2.97. The predicted octanol–water partition coefficient (Wildman–Crippen LogP) is 9.10. The Hall–Kier alpha value is -4.16. The maximum Gasteiger partial charge on any atom is -0.00134 e. The zero-order chi connectivity index (χ0) is 20.8. The molecule has 7 aromatic rings. The van der Waals surface area contributed by atoms with Gasteiger partial charge in [-0.1, -0.05) is 72.8 Å². The number of rotatable bonds is 0. The first kappa shape index (κ1) is 16.5. The molecule has 0 heteroatoms. The quantitative estimate of drug-likeness (QED) is 0.175. The zero-order valence-electron chi connectivity index (χ0n) is 17.4. The van der Waals surface area contributed by atoms with E-state index in [2.05, 4.69) is 109 Å². The average Bonchev–Trinajstić information content (AvgIpc) is 3.15. The molecule has 0 nitrogen and oxygen atoms in total. The summed E-state index contributed by atoms with van der Waals surface area (Å²) in [4.78, 5) is 0. The molecule has 0 aromatic heterocycles. The summed E-state index contributed by atoms with van der Waals surface area (Å²) in [5, 5.41) is 13.3. The van der Waals surface area contributed by atoms with Crippen molar-refractivity contribution in [3.8, 4) is 22.3 Å². The summed E-state index contributed by atoms with van der Waals surface area (Å²) < 4.78 is 0. The molecule has 146 valence electrons. The lowest BCUT2D eigenvalue weighted by atomic mass is 9.89. The highest BCUT2D eigenvalue weighted by atomic mass is 14.3. The topological polar surface area (TPSA) is 0 Å². The van der Waals surface area contributed by atoms with E-state index in [4.69, 9.17) is 0 Å². The van der Waals surface area contributed by atoms with Crippen molar-refractivity contribution in [1.29, 1.82) is 0 Å². The first-order valence-electron chi connectivity index (χ1n) is 11.2. The minimum absolute atomic E-state index is 1.30. The zero-order valence-corrected chi connectivity index (χ0v) is 17.4. The van der Waals surface area contributed by atoms with Gasteiger partial charge in [-0.3, -0.25) is 0 Å². The van der Waals surface area contributed by atoms with Crippen LogP contribution in [-0.2, 0) is 0 Å². The van der Waals surface area contributed by atoms with Crippen LogP contribution in [0.4, 0.5) is 0 Å². The van der Waals surface area contributed by atoms with Gasteiger partial charge in [-0.25, -0.2) is 0 Å². The van der Waals surface area contributed by atoms with Crippen molar-refractivity contribution in [3.63, 3.8) is 0 Å². The van der Waals surface area contributed by atoms with Gasteiger partial charge in [-0.15, -0.1) is 0 Å². The molecule has 0 unspecified atom stereocenters. The highest BCUT2D eigenvalue weighted by Crippen LogP contribution is 2.52. The number of hydrogen-bond acceptors (Lipinski definition) is 0. The highest BCUT2D eigenvalue weighted by Gasteiger charge is 2.24. The molecule has 0 atom stereocenters. The molecule has 0 fully saturated rings. The molecule has 7 aromatic carbocycles. The van der Waals surface area contributed by atoms with Gasteiger partial charge in [0.1, 0.15) is 0 Å². The summed E-state index contributed by atoms with van der Waals surface area (Å²) in [5.74, 6) is 0. The van der Waals surface area contributed by atoms with Crippen LogP contribution in [-0.4, -0.2) is 0 Å². The first-order valence-corrected chi connectivity index (χ1v) is 11.2. The molecule has 0 spiro atoms. The minimum Gasteiger partial charge on any atom is -0.0616 e. The van der Waals surface area contributed by atoms with Gasteiger partial charge in [-0.05, 0) is 113 Å². The van der Waals surface area contributed by atoms with Crippen LogP contribution in [0, 0.1) is 0 Å². The van der Waals surface area contributed by atoms with Crippen LogP contribution < -0.4 is 0 Å². The van der Waals surface area contributed by atoms with Gasteiger partial charge in [0.25, 0.3) is 0 Å². The third-order valence-corrected chi connectivity index (χ3v) is 7.27. The van der Waals surface area contributed by atoms with Gasteiger partial charge in [0, 0.05) is 0 Å².